The highest BCUT2D eigenvalue weighted by Gasteiger charge is 2.53. The third-order valence-electron chi connectivity index (χ3n) is 5.34. The van der Waals surface area contributed by atoms with Crippen molar-refractivity contribution < 1.29 is 19.5 Å². The third kappa shape index (κ3) is 4.59. The van der Waals surface area contributed by atoms with Crippen LogP contribution in [0.3, 0.4) is 0 Å². The lowest BCUT2D eigenvalue weighted by molar-refractivity contribution is -0.150. The number of benzene rings is 2. The summed E-state index contributed by atoms with van der Waals surface area (Å²) in [4.78, 5) is 38.4. The maximum Gasteiger partial charge on any atom is 0.352 e. The van der Waals surface area contributed by atoms with E-state index in [-0.39, 0.29) is 18.0 Å². The number of carbonyl (C=O) groups excluding carboxylic acids is 2. The number of halogens is 1. The molecule has 1 saturated heterocycles. The van der Waals surface area contributed by atoms with Gasteiger partial charge in [-0.2, -0.15) is 0 Å². The van der Waals surface area contributed by atoms with Crippen molar-refractivity contribution in [2.75, 3.05) is 5.75 Å². The highest BCUT2D eigenvalue weighted by atomic mass is 35.5. The molecule has 6 nitrogen and oxygen atoms in total. The van der Waals surface area contributed by atoms with Crippen LogP contribution in [0.5, 0.6) is 0 Å². The lowest BCUT2D eigenvalue weighted by atomic mass is 10.0. The Balaban J connectivity index is 1.47. The van der Waals surface area contributed by atoms with Crippen LogP contribution < -0.4 is 5.32 Å². The second-order valence-electron chi connectivity index (χ2n) is 7.50. The maximum absolute atomic E-state index is 12.8. The van der Waals surface area contributed by atoms with Gasteiger partial charge in [0.1, 0.15) is 17.1 Å². The van der Waals surface area contributed by atoms with Crippen molar-refractivity contribution in [2.24, 2.45) is 0 Å². The fourth-order valence-electron chi connectivity index (χ4n) is 3.69. The third-order valence-corrected chi connectivity index (χ3v) is 6.95. The molecule has 2 amide bonds. The highest BCUT2D eigenvalue weighted by molar-refractivity contribution is 8.00. The van der Waals surface area contributed by atoms with Crippen molar-refractivity contribution in [3.63, 3.8) is 0 Å². The summed E-state index contributed by atoms with van der Waals surface area (Å²) in [5.41, 5.74) is 3.28. The second-order valence-corrected chi connectivity index (χ2v) is 8.88. The summed E-state index contributed by atoms with van der Waals surface area (Å²) in [6.07, 6.45) is 3.72. The first-order valence-electron chi connectivity index (χ1n) is 10.1. The van der Waals surface area contributed by atoms with Gasteiger partial charge in [0.05, 0.1) is 6.42 Å². The van der Waals surface area contributed by atoms with Crippen LogP contribution in [0.4, 0.5) is 0 Å². The predicted octanol–water partition coefficient (Wildman–Crippen LogP) is 3.42. The first kappa shape index (κ1) is 22.2. The molecule has 8 heteroatoms. The summed E-state index contributed by atoms with van der Waals surface area (Å²) in [6, 6.07) is 16.2. The van der Waals surface area contributed by atoms with Gasteiger partial charge >= 0.3 is 5.97 Å². The number of amides is 2. The molecule has 0 aliphatic carbocycles. The lowest BCUT2D eigenvalue weighted by Crippen LogP contribution is -2.70. The number of β-lactam (4-membered cyclic amide) rings is 1. The molecule has 2 aliphatic rings. The number of carbonyl (C=O) groups is 3. The van der Waals surface area contributed by atoms with Crippen LogP contribution in [-0.4, -0.2) is 45.0 Å². The number of nitrogens with one attached hydrogen (secondary N) is 1. The number of hydrogen-bond acceptors (Lipinski definition) is 4. The fourth-order valence-corrected chi connectivity index (χ4v) is 5.19. The van der Waals surface area contributed by atoms with E-state index in [0.717, 1.165) is 16.7 Å². The van der Waals surface area contributed by atoms with E-state index in [2.05, 4.69) is 5.32 Å². The smallest absolute Gasteiger partial charge is 0.352 e. The Hall–Kier alpha value is -3.03. The monoisotopic (exact) mass is 468 g/mol. The number of nitrogens with zero attached hydrogens (tertiary/aromatic N) is 1. The van der Waals surface area contributed by atoms with Gasteiger partial charge in [-0.05, 0) is 22.3 Å². The maximum atomic E-state index is 12.8. The predicted molar refractivity (Wildman–Crippen MR) is 125 cm³/mol. The molecule has 0 saturated carbocycles. The van der Waals surface area contributed by atoms with E-state index in [1.807, 2.05) is 60.7 Å². The minimum absolute atomic E-state index is 0.0269. The molecular formula is C24H21ClN2O4S. The number of rotatable bonds is 7. The van der Waals surface area contributed by atoms with E-state index < -0.39 is 23.3 Å². The van der Waals surface area contributed by atoms with Crippen LogP contribution in [0.2, 0.25) is 0 Å². The number of fused-ring (bicyclic) bond motifs is 1. The van der Waals surface area contributed by atoms with Crippen molar-refractivity contribution >= 4 is 47.2 Å². The van der Waals surface area contributed by atoms with E-state index in [9.17, 15) is 19.5 Å². The number of hydrogen-bond donors (Lipinski definition) is 2. The zero-order valence-corrected chi connectivity index (χ0v) is 18.6. The molecule has 1 unspecified atom stereocenters. The number of thioether (sulfide) groups is 1. The van der Waals surface area contributed by atoms with Gasteiger partial charge in [-0.1, -0.05) is 66.7 Å². The summed E-state index contributed by atoms with van der Waals surface area (Å²) in [7, 11) is 0. The average Bonchev–Trinajstić information content (AvgIpc) is 2.81. The van der Waals surface area contributed by atoms with Crippen molar-refractivity contribution in [3.05, 3.63) is 88.6 Å². The number of aliphatic carboxylic acids is 1. The Labute approximate surface area is 194 Å². The molecule has 164 valence electrons. The normalized spacial score (nSPS) is 20.2. The molecule has 32 heavy (non-hydrogen) atoms. The topological polar surface area (TPSA) is 86.7 Å². The van der Waals surface area contributed by atoms with E-state index in [4.69, 9.17) is 11.6 Å². The molecule has 2 aromatic rings. The van der Waals surface area contributed by atoms with Gasteiger partial charge < -0.3 is 10.4 Å². The largest absolute Gasteiger partial charge is 0.477 e. The molecule has 2 heterocycles. The van der Waals surface area contributed by atoms with Gasteiger partial charge in [0.2, 0.25) is 5.91 Å². The Kier molecular flexibility index (Phi) is 6.67. The van der Waals surface area contributed by atoms with Gasteiger partial charge in [-0.25, -0.2) is 4.79 Å². The first-order chi connectivity index (χ1) is 15.5. The van der Waals surface area contributed by atoms with Gasteiger partial charge in [0, 0.05) is 11.6 Å². The average molecular weight is 469 g/mol. The molecule has 4 rings (SSSR count). The van der Waals surface area contributed by atoms with Crippen molar-refractivity contribution in [3.8, 4) is 0 Å². The van der Waals surface area contributed by atoms with Crippen LogP contribution >= 0.6 is 23.4 Å². The van der Waals surface area contributed by atoms with Crippen LogP contribution in [0.25, 0.3) is 6.08 Å². The molecule has 0 bridgehead atoms. The molecule has 2 aromatic carbocycles. The standard InChI is InChI=1S/C24H21ClN2O4S/c25-13-17-8-6-15(7-9-17)10-11-18-14-32-23-20(22(29)27(23)21(18)24(30)31)26-19(28)12-16-4-2-1-3-5-16/h1-11,20,23H,12-14H2,(H,26,28)(H,30,31)/t20?,23-/m0/s1. The van der Waals surface area contributed by atoms with Crippen LogP contribution in [0.1, 0.15) is 16.7 Å². The van der Waals surface area contributed by atoms with Gasteiger partial charge in [-0.3, -0.25) is 14.5 Å². The number of allylic oxidation sites excluding steroid dienone is 1. The van der Waals surface area contributed by atoms with E-state index in [0.29, 0.717) is 17.2 Å². The Morgan fingerprint density at radius 3 is 2.47 bits per heavy atom. The van der Waals surface area contributed by atoms with Crippen LogP contribution in [0.15, 0.2) is 71.9 Å². The van der Waals surface area contributed by atoms with Crippen molar-refractivity contribution in [1.82, 2.24) is 10.2 Å². The van der Waals surface area contributed by atoms with Gasteiger partial charge in [0.15, 0.2) is 0 Å². The zero-order valence-electron chi connectivity index (χ0n) is 17.0. The summed E-state index contributed by atoms with van der Waals surface area (Å²) in [6.45, 7) is 0. The molecule has 0 aromatic heterocycles. The molecular weight excluding hydrogens is 448 g/mol. The molecule has 1 fully saturated rings. The molecule has 2 N–H and O–H groups in total. The Bertz CT molecular complexity index is 1100. The zero-order chi connectivity index (χ0) is 22.7. The SMILES string of the molecule is O=C(Cc1ccccc1)NC1C(=O)N2C(C(=O)O)=C(C=Cc3ccc(CCl)cc3)CS[C@@H]12. The van der Waals surface area contributed by atoms with Crippen LogP contribution in [0, 0.1) is 0 Å². The molecule has 0 radical (unpaired) electrons. The van der Waals surface area contributed by atoms with Crippen molar-refractivity contribution in [2.45, 2.75) is 23.7 Å². The number of alkyl halides is 1. The Morgan fingerprint density at radius 2 is 1.81 bits per heavy atom. The minimum atomic E-state index is -1.16. The molecule has 2 atom stereocenters. The van der Waals surface area contributed by atoms with Gasteiger partial charge in [-0.15, -0.1) is 23.4 Å². The fraction of sp³-hybridized carbons (Fsp3) is 0.208. The highest BCUT2D eigenvalue weighted by Crippen LogP contribution is 2.40. The van der Waals surface area contributed by atoms with E-state index in [1.54, 1.807) is 6.08 Å². The van der Waals surface area contributed by atoms with Crippen molar-refractivity contribution in [1.29, 1.82) is 0 Å². The second kappa shape index (κ2) is 9.63. The van der Waals surface area contributed by atoms with Crippen LogP contribution in [-0.2, 0) is 26.7 Å². The van der Waals surface area contributed by atoms with E-state index in [1.165, 1.54) is 16.7 Å². The lowest BCUT2D eigenvalue weighted by Gasteiger charge is -2.49. The Morgan fingerprint density at radius 1 is 1.09 bits per heavy atom. The molecule has 0 spiro atoms. The summed E-state index contributed by atoms with van der Waals surface area (Å²) in [5, 5.41) is 12.1. The number of carboxylic acid groups (broad SMARTS) is 1. The minimum Gasteiger partial charge on any atom is -0.477 e. The number of carboxylic acids is 1. The quantitative estimate of drug-likeness (QED) is 0.480. The summed E-state index contributed by atoms with van der Waals surface area (Å²) < 4.78 is 0. The summed E-state index contributed by atoms with van der Waals surface area (Å²) >= 11 is 7.25. The summed E-state index contributed by atoms with van der Waals surface area (Å²) in [5.74, 6) is -0.969. The van der Waals surface area contributed by atoms with Gasteiger partial charge in [0.25, 0.3) is 5.91 Å². The first-order valence-corrected chi connectivity index (χ1v) is 11.6. The molecule has 2 aliphatic heterocycles. The van der Waals surface area contributed by atoms with E-state index >= 15 is 0 Å².